The smallest absolute Gasteiger partial charge is 0.343 e. The SMILES string of the molecule is CCCNC1=C(C(=O)OCC)C=NC(Nc2ccc3nnccc3c2)N1. The van der Waals surface area contributed by atoms with Gasteiger partial charge in [0.1, 0.15) is 11.4 Å². The number of nitrogens with one attached hydrogen (secondary N) is 3. The Kier molecular flexibility index (Phi) is 5.62. The van der Waals surface area contributed by atoms with Gasteiger partial charge < -0.3 is 20.7 Å². The summed E-state index contributed by atoms with van der Waals surface area (Å²) in [5.41, 5.74) is 2.11. The number of carbonyl (C=O) groups excluding carboxylic acids is 1. The molecule has 2 heterocycles. The topological polar surface area (TPSA) is 101 Å². The largest absolute Gasteiger partial charge is 0.462 e. The summed E-state index contributed by atoms with van der Waals surface area (Å²) in [5.74, 6) is 0.217. The van der Waals surface area contributed by atoms with Crippen molar-refractivity contribution in [3.05, 3.63) is 41.9 Å². The van der Waals surface area contributed by atoms with Crippen molar-refractivity contribution in [1.29, 1.82) is 0 Å². The van der Waals surface area contributed by atoms with Gasteiger partial charge in [-0.25, -0.2) is 9.79 Å². The summed E-state index contributed by atoms with van der Waals surface area (Å²) in [6, 6.07) is 7.69. The van der Waals surface area contributed by atoms with E-state index in [1.807, 2.05) is 24.3 Å². The Hall–Kier alpha value is -3.16. The van der Waals surface area contributed by atoms with Crippen LogP contribution in [0.5, 0.6) is 0 Å². The molecule has 1 aromatic heterocycles. The highest BCUT2D eigenvalue weighted by molar-refractivity contribution is 6.10. The Balaban J connectivity index is 1.75. The van der Waals surface area contributed by atoms with Crippen molar-refractivity contribution in [2.45, 2.75) is 26.6 Å². The molecule has 1 aromatic carbocycles. The molecule has 3 N–H and O–H groups in total. The van der Waals surface area contributed by atoms with Crippen LogP contribution in [0.25, 0.3) is 10.9 Å². The van der Waals surface area contributed by atoms with Gasteiger partial charge in [-0.3, -0.25) is 0 Å². The van der Waals surface area contributed by atoms with Gasteiger partial charge in [0.25, 0.3) is 0 Å². The lowest BCUT2D eigenvalue weighted by Gasteiger charge is -2.26. The number of anilines is 1. The van der Waals surface area contributed by atoms with Crippen LogP contribution in [0.2, 0.25) is 0 Å². The minimum absolute atomic E-state index is 0.318. The average molecular weight is 354 g/mol. The van der Waals surface area contributed by atoms with Gasteiger partial charge in [-0.2, -0.15) is 10.2 Å². The lowest BCUT2D eigenvalue weighted by molar-refractivity contribution is -0.137. The summed E-state index contributed by atoms with van der Waals surface area (Å²) in [6.45, 7) is 4.89. The molecule has 0 radical (unpaired) electrons. The zero-order valence-corrected chi connectivity index (χ0v) is 14.8. The standard InChI is InChI=1S/C18H22N6O2/c1-3-8-19-16-14(17(25)26-4-2)11-20-18(23-16)22-13-5-6-15-12(10-13)7-9-21-24-15/h5-7,9-11,18-19,22-23H,3-4,8H2,1-2H3. The van der Waals surface area contributed by atoms with Gasteiger partial charge in [-0.15, -0.1) is 0 Å². The number of carbonyl (C=O) groups is 1. The van der Waals surface area contributed by atoms with Crippen molar-refractivity contribution in [2.24, 2.45) is 4.99 Å². The third-order valence-corrected chi connectivity index (χ3v) is 3.77. The van der Waals surface area contributed by atoms with Crippen LogP contribution >= 0.6 is 0 Å². The fraction of sp³-hybridized carbons (Fsp3) is 0.333. The summed E-state index contributed by atoms with van der Waals surface area (Å²) in [6.07, 6.45) is 3.73. The number of hydrogen-bond donors (Lipinski definition) is 3. The lowest BCUT2D eigenvalue weighted by Crippen LogP contribution is -2.43. The lowest BCUT2D eigenvalue weighted by atomic mass is 10.2. The first-order valence-electron chi connectivity index (χ1n) is 8.64. The molecule has 0 aliphatic carbocycles. The molecule has 1 atom stereocenters. The van der Waals surface area contributed by atoms with Crippen molar-refractivity contribution in [3.8, 4) is 0 Å². The molecule has 0 fully saturated rings. The highest BCUT2D eigenvalue weighted by Crippen LogP contribution is 2.18. The Morgan fingerprint density at radius 1 is 1.31 bits per heavy atom. The van der Waals surface area contributed by atoms with Gasteiger partial charge in [0.2, 0.25) is 0 Å². The van der Waals surface area contributed by atoms with Crippen LogP contribution in [-0.2, 0) is 9.53 Å². The number of nitrogens with zero attached hydrogens (tertiary/aromatic N) is 3. The van der Waals surface area contributed by atoms with Crippen LogP contribution in [0.1, 0.15) is 20.3 Å². The summed E-state index contributed by atoms with van der Waals surface area (Å²) in [7, 11) is 0. The Bertz CT molecular complexity index is 848. The third kappa shape index (κ3) is 4.08. The first kappa shape index (κ1) is 17.7. The number of esters is 1. The third-order valence-electron chi connectivity index (χ3n) is 3.77. The highest BCUT2D eigenvalue weighted by Gasteiger charge is 2.22. The fourth-order valence-corrected chi connectivity index (χ4v) is 2.53. The molecular weight excluding hydrogens is 332 g/mol. The van der Waals surface area contributed by atoms with E-state index in [1.54, 1.807) is 13.1 Å². The van der Waals surface area contributed by atoms with E-state index in [4.69, 9.17) is 4.74 Å². The molecule has 0 amide bonds. The predicted molar refractivity (Wildman–Crippen MR) is 101 cm³/mol. The van der Waals surface area contributed by atoms with Crippen molar-refractivity contribution < 1.29 is 9.53 Å². The number of fused-ring (bicyclic) bond motifs is 1. The zero-order chi connectivity index (χ0) is 18.4. The normalized spacial score (nSPS) is 16.3. The molecule has 8 nitrogen and oxygen atoms in total. The maximum Gasteiger partial charge on any atom is 0.343 e. The molecule has 1 aliphatic rings. The summed E-state index contributed by atoms with van der Waals surface area (Å²) in [5, 5.41) is 18.6. The molecule has 0 spiro atoms. The second kappa shape index (κ2) is 8.28. The highest BCUT2D eigenvalue weighted by atomic mass is 16.5. The van der Waals surface area contributed by atoms with Gasteiger partial charge in [0.05, 0.1) is 18.3 Å². The molecule has 3 rings (SSSR count). The van der Waals surface area contributed by atoms with Crippen molar-refractivity contribution >= 4 is 28.8 Å². The average Bonchev–Trinajstić information content (AvgIpc) is 2.66. The number of ether oxygens (including phenoxy) is 1. The molecule has 1 aliphatic heterocycles. The number of aromatic nitrogens is 2. The van der Waals surface area contributed by atoms with E-state index in [0.717, 1.165) is 29.6 Å². The quantitative estimate of drug-likeness (QED) is 0.652. The van der Waals surface area contributed by atoms with Crippen LogP contribution in [0.4, 0.5) is 5.69 Å². The summed E-state index contributed by atoms with van der Waals surface area (Å²) < 4.78 is 5.09. The monoisotopic (exact) mass is 354 g/mol. The molecule has 0 bridgehead atoms. The second-order valence-corrected chi connectivity index (χ2v) is 5.71. The molecule has 2 aromatic rings. The zero-order valence-electron chi connectivity index (χ0n) is 14.8. The van der Waals surface area contributed by atoms with Gasteiger partial charge in [0.15, 0.2) is 6.29 Å². The first-order chi connectivity index (χ1) is 12.7. The molecule has 136 valence electrons. The van der Waals surface area contributed by atoms with Crippen molar-refractivity contribution in [1.82, 2.24) is 20.8 Å². The number of hydrogen-bond acceptors (Lipinski definition) is 8. The van der Waals surface area contributed by atoms with Crippen LogP contribution in [0.3, 0.4) is 0 Å². The Labute approximate surface area is 151 Å². The van der Waals surface area contributed by atoms with Crippen LogP contribution in [0.15, 0.2) is 46.8 Å². The predicted octanol–water partition coefficient (Wildman–Crippen LogP) is 1.77. The minimum atomic E-state index is -0.403. The van der Waals surface area contributed by atoms with E-state index in [1.165, 1.54) is 6.21 Å². The van der Waals surface area contributed by atoms with E-state index in [2.05, 4.69) is 38.1 Å². The van der Waals surface area contributed by atoms with Crippen molar-refractivity contribution in [3.63, 3.8) is 0 Å². The minimum Gasteiger partial charge on any atom is -0.462 e. The first-order valence-corrected chi connectivity index (χ1v) is 8.64. The summed E-state index contributed by atoms with van der Waals surface area (Å²) in [4.78, 5) is 16.5. The Morgan fingerprint density at radius 3 is 3.00 bits per heavy atom. The van der Waals surface area contributed by atoms with E-state index >= 15 is 0 Å². The molecule has 0 saturated heterocycles. The van der Waals surface area contributed by atoms with Gasteiger partial charge in [0, 0.05) is 23.8 Å². The van der Waals surface area contributed by atoms with Crippen LogP contribution < -0.4 is 16.0 Å². The van der Waals surface area contributed by atoms with E-state index < -0.39 is 12.3 Å². The van der Waals surface area contributed by atoms with E-state index in [-0.39, 0.29) is 0 Å². The molecule has 1 unspecified atom stereocenters. The molecular formula is C18H22N6O2. The number of aliphatic imine (C=N–C) groups is 1. The number of rotatable bonds is 7. The Morgan fingerprint density at radius 2 is 2.19 bits per heavy atom. The van der Waals surface area contributed by atoms with Crippen LogP contribution in [-0.4, -0.2) is 41.8 Å². The number of benzene rings is 1. The fourth-order valence-electron chi connectivity index (χ4n) is 2.53. The molecule has 26 heavy (non-hydrogen) atoms. The second-order valence-electron chi connectivity index (χ2n) is 5.71. The van der Waals surface area contributed by atoms with Crippen LogP contribution in [0, 0.1) is 0 Å². The van der Waals surface area contributed by atoms with E-state index in [9.17, 15) is 4.79 Å². The van der Waals surface area contributed by atoms with Crippen molar-refractivity contribution in [2.75, 3.05) is 18.5 Å². The molecule has 0 saturated carbocycles. The molecule has 8 heteroatoms. The van der Waals surface area contributed by atoms with Gasteiger partial charge in [-0.05, 0) is 37.6 Å². The maximum absolute atomic E-state index is 12.1. The van der Waals surface area contributed by atoms with Gasteiger partial charge >= 0.3 is 5.97 Å². The van der Waals surface area contributed by atoms with E-state index in [0.29, 0.717) is 18.0 Å². The summed E-state index contributed by atoms with van der Waals surface area (Å²) >= 11 is 0. The maximum atomic E-state index is 12.1. The van der Waals surface area contributed by atoms with Gasteiger partial charge in [-0.1, -0.05) is 6.92 Å².